The molecule has 3 aromatic rings. The van der Waals surface area contributed by atoms with Crippen molar-refractivity contribution in [3.63, 3.8) is 0 Å². The van der Waals surface area contributed by atoms with Crippen LogP contribution in [0.15, 0.2) is 36.8 Å². The molecule has 1 aliphatic rings. The molecular formula is C20H24FN7O. The molecule has 1 N–H and O–H groups in total. The first-order valence-electron chi connectivity index (χ1n) is 9.71. The van der Waals surface area contributed by atoms with Crippen LogP contribution in [0.3, 0.4) is 0 Å². The zero-order chi connectivity index (χ0) is 20.2. The summed E-state index contributed by atoms with van der Waals surface area (Å²) in [6.07, 6.45) is 4.06. The van der Waals surface area contributed by atoms with Gasteiger partial charge in [0.15, 0.2) is 5.65 Å². The lowest BCUT2D eigenvalue weighted by Gasteiger charge is -2.35. The first kappa shape index (κ1) is 19.3. The fourth-order valence-electron chi connectivity index (χ4n) is 3.58. The van der Waals surface area contributed by atoms with Gasteiger partial charge in [0.1, 0.15) is 18.0 Å². The van der Waals surface area contributed by atoms with E-state index >= 15 is 0 Å². The van der Waals surface area contributed by atoms with Gasteiger partial charge in [0, 0.05) is 39.8 Å². The second kappa shape index (κ2) is 8.52. The van der Waals surface area contributed by atoms with Gasteiger partial charge in [0.25, 0.3) is 0 Å². The van der Waals surface area contributed by atoms with Gasteiger partial charge in [-0.25, -0.2) is 14.4 Å². The highest BCUT2D eigenvalue weighted by Crippen LogP contribution is 2.23. The van der Waals surface area contributed by atoms with Crippen molar-refractivity contribution in [3.05, 3.63) is 48.2 Å². The predicted molar refractivity (Wildman–Crippen MR) is 108 cm³/mol. The third-order valence-electron chi connectivity index (χ3n) is 5.20. The van der Waals surface area contributed by atoms with Crippen molar-refractivity contribution in [2.45, 2.75) is 6.42 Å². The van der Waals surface area contributed by atoms with Gasteiger partial charge in [0.2, 0.25) is 5.91 Å². The van der Waals surface area contributed by atoms with Crippen LogP contribution in [0.1, 0.15) is 5.56 Å². The summed E-state index contributed by atoms with van der Waals surface area (Å²) >= 11 is 0. The number of carbonyl (C=O) groups excluding carboxylic acids is 1. The number of hydrogen-bond acceptors (Lipinski definition) is 6. The summed E-state index contributed by atoms with van der Waals surface area (Å²) in [5.74, 6) is 0.659. The molecule has 29 heavy (non-hydrogen) atoms. The Labute approximate surface area is 168 Å². The molecular weight excluding hydrogens is 373 g/mol. The van der Waals surface area contributed by atoms with Crippen LogP contribution in [0.25, 0.3) is 11.0 Å². The van der Waals surface area contributed by atoms with E-state index in [9.17, 15) is 9.18 Å². The fraction of sp³-hybridized carbons (Fsp3) is 0.400. The Hall–Kier alpha value is -3.07. The molecule has 3 heterocycles. The summed E-state index contributed by atoms with van der Waals surface area (Å²) in [6, 6.07) is 6.36. The van der Waals surface area contributed by atoms with E-state index in [2.05, 4.69) is 30.2 Å². The smallest absolute Gasteiger partial charge is 0.234 e. The van der Waals surface area contributed by atoms with Crippen LogP contribution < -0.4 is 10.2 Å². The highest BCUT2D eigenvalue weighted by atomic mass is 19.1. The Balaban J connectivity index is 1.24. The fourth-order valence-corrected chi connectivity index (χ4v) is 3.58. The average Bonchev–Trinajstić information content (AvgIpc) is 3.11. The van der Waals surface area contributed by atoms with E-state index in [1.165, 1.54) is 12.1 Å². The van der Waals surface area contributed by atoms with Crippen molar-refractivity contribution in [2.75, 3.05) is 44.2 Å². The standard InChI is InChI=1S/C20H24FN7O/c1-26-19-17(12-25-26)20(24-14-23-19)28-10-8-27(9-11-28)13-18(29)22-7-6-15-2-4-16(21)5-3-15/h2-5,12,14H,6-11,13H2,1H3,(H,22,29). The van der Waals surface area contributed by atoms with Gasteiger partial charge < -0.3 is 10.2 Å². The van der Waals surface area contributed by atoms with Crippen LogP contribution in [-0.2, 0) is 18.3 Å². The zero-order valence-corrected chi connectivity index (χ0v) is 16.4. The molecule has 9 heteroatoms. The van der Waals surface area contributed by atoms with E-state index in [-0.39, 0.29) is 11.7 Å². The quantitative estimate of drug-likeness (QED) is 0.668. The van der Waals surface area contributed by atoms with Crippen molar-refractivity contribution in [2.24, 2.45) is 7.05 Å². The van der Waals surface area contributed by atoms with Gasteiger partial charge >= 0.3 is 0 Å². The Bertz CT molecular complexity index is 980. The van der Waals surface area contributed by atoms with E-state index in [0.29, 0.717) is 19.5 Å². The molecule has 0 radical (unpaired) electrons. The maximum atomic E-state index is 12.9. The molecule has 1 amide bonds. The number of carbonyl (C=O) groups is 1. The lowest BCUT2D eigenvalue weighted by atomic mass is 10.1. The third-order valence-corrected chi connectivity index (χ3v) is 5.20. The number of aryl methyl sites for hydroxylation is 1. The second-order valence-electron chi connectivity index (χ2n) is 7.19. The first-order valence-corrected chi connectivity index (χ1v) is 9.71. The number of hydrogen-bond donors (Lipinski definition) is 1. The van der Waals surface area contributed by atoms with Crippen LogP contribution in [0, 0.1) is 5.82 Å². The second-order valence-corrected chi connectivity index (χ2v) is 7.19. The maximum absolute atomic E-state index is 12.9. The predicted octanol–water partition coefficient (Wildman–Crippen LogP) is 0.983. The summed E-state index contributed by atoms with van der Waals surface area (Å²) in [5.41, 5.74) is 1.82. The highest BCUT2D eigenvalue weighted by Gasteiger charge is 2.22. The van der Waals surface area contributed by atoms with Gasteiger partial charge in [-0.1, -0.05) is 12.1 Å². The molecule has 1 fully saturated rings. The van der Waals surface area contributed by atoms with Gasteiger partial charge in [-0.3, -0.25) is 14.4 Å². The minimum absolute atomic E-state index is 0.0113. The molecule has 1 saturated heterocycles. The maximum Gasteiger partial charge on any atom is 0.234 e. The van der Waals surface area contributed by atoms with Gasteiger partial charge in [-0.05, 0) is 24.1 Å². The Morgan fingerprint density at radius 2 is 1.90 bits per heavy atom. The molecule has 0 aliphatic carbocycles. The first-order chi connectivity index (χ1) is 14.1. The molecule has 1 aromatic carbocycles. The Kier molecular flexibility index (Phi) is 5.66. The number of halogens is 1. The summed E-state index contributed by atoms with van der Waals surface area (Å²) in [5, 5.41) is 8.16. The number of benzene rings is 1. The highest BCUT2D eigenvalue weighted by molar-refractivity contribution is 5.86. The number of fused-ring (bicyclic) bond motifs is 1. The summed E-state index contributed by atoms with van der Waals surface area (Å²) in [4.78, 5) is 25.3. The summed E-state index contributed by atoms with van der Waals surface area (Å²) in [7, 11) is 1.87. The van der Waals surface area contributed by atoms with Crippen LogP contribution in [0.5, 0.6) is 0 Å². The van der Waals surface area contributed by atoms with Crippen molar-refractivity contribution in [1.29, 1.82) is 0 Å². The molecule has 1 aliphatic heterocycles. The lowest BCUT2D eigenvalue weighted by molar-refractivity contribution is -0.122. The van der Waals surface area contributed by atoms with Crippen LogP contribution in [-0.4, -0.2) is 69.8 Å². The number of nitrogens with zero attached hydrogens (tertiary/aromatic N) is 6. The van der Waals surface area contributed by atoms with E-state index in [0.717, 1.165) is 48.6 Å². The number of amides is 1. The van der Waals surface area contributed by atoms with E-state index in [4.69, 9.17) is 0 Å². The molecule has 0 bridgehead atoms. The molecule has 0 unspecified atom stereocenters. The van der Waals surface area contributed by atoms with E-state index in [1.54, 1.807) is 29.3 Å². The molecule has 2 aromatic heterocycles. The van der Waals surface area contributed by atoms with E-state index < -0.39 is 0 Å². The van der Waals surface area contributed by atoms with E-state index in [1.807, 2.05) is 7.05 Å². The average molecular weight is 397 g/mol. The molecule has 0 atom stereocenters. The van der Waals surface area contributed by atoms with Crippen molar-refractivity contribution in [1.82, 2.24) is 30.0 Å². The topological polar surface area (TPSA) is 79.2 Å². The van der Waals surface area contributed by atoms with Crippen molar-refractivity contribution in [3.8, 4) is 0 Å². The normalized spacial score (nSPS) is 15.0. The molecule has 0 spiro atoms. The monoisotopic (exact) mass is 397 g/mol. The Morgan fingerprint density at radius 1 is 1.14 bits per heavy atom. The molecule has 4 rings (SSSR count). The van der Waals surface area contributed by atoms with Crippen LogP contribution in [0.4, 0.5) is 10.2 Å². The number of nitrogens with one attached hydrogen (secondary N) is 1. The number of piperazine rings is 1. The van der Waals surface area contributed by atoms with Gasteiger partial charge in [-0.15, -0.1) is 0 Å². The van der Waals surface area contributed by atoms with Crippen molar-refractivity contribution < 1.29 is 9.18 Å². The summed E-state index contributed by atoms with van der Waals surface area (Å²) in [6.45, 7) is 4.09. The largest absolute Gasteiger partial charge is 0.355 e. The number of aromatic nitrogens is 4. The van der Waals surface area contributed by atoms with Crippen LogP contribution in [0.2, 0.25) is 0 Å². The number of anilines is 1. The summed E-state index contributed by atoms with van der Waals surface area (Å²) < 4.78 is 14.7. The molecule has 0 saturated carbocycles. The third kappa shape index (κ3) is 4.51. The van der Waals surface area contributed by atoms with Crippen LogP contribution >= 0.6 is 0 Å². The minimum Gasteiger partial charge on any atom is -0.355 e. The minimum atomic E-state index is -0.247. The molecule has 8 nitrogen and oxygen atoms in total. The SMILES string of the molecule is Cn1ncc2c(N3CCN(CC(=O)NCCc4ccc(F)cc4)CC3)ncnc21. The molecule has 152 valence electrons. The zero-order valence-electron chi connectivity index (χ0n) is 16.4. The number of rotatable bonds is 6. The van der Waals surface area contributed by atoms with Gasteiger partial charge in [-0.2, -0.15) is 5.10 Å². The lowest BCUT2D eigenvalue weighted by Crippen LogP contribution is -2.50. The Morgan fingerprint density at radius 3 is 2.66 bits per heavy atom. The van der Waals surface area contributed by atoms with Crippen molar-refractivity contribution >= 4 is 22.8 Å². The van der Waals surface area contributed by atoms with Gasteiger partial charge in [0.05, 0.1) is 18.1 Å².